The van der Waals surface area contributed by atoms with Gasteiger partial charge in [-0.3, -0.25) is 9.88 Å². The van der Waals surface area contributed by atoms with Crippen LogP contribution in [0.15, 0.2) is 36.7 Å². The van der Waals surface area contributed by atoms with Gasteiger partial charge in [0.05, 0.1) is 18.2 Å². The highest BCUT2D eigenvalue weighted by Gasteiger charge is 2.34. The molecule has 1 aromatic heterocycles. The van der Waals surface area contributed by atoms with Crippen molar-refractivity contribution in [2.24, 2.45) is 5.92 Å². The molecule has 0 radical (unpaired) electrons. The van der Waals surface area contributed by atoms with Gasteiger partial charge in [0.25, 0.3) is 6.43 Å². The van der Waals surface area contributed by atoms with Crippen LogP contribution in [0.1, 0.15) is 31.4 Å². The number of cyclic esters (lactones) is 1. The van der Waals surface area contributed by atoms with Gasteiger partial charge < -0.3 is 4.74 Å². The fraction of sp³-hybridized carbons (Fsp3) is 0.368. The second-order valence-electron chi connectivity index (χ2n) is 6.64. The van der Waals surface area contributed by atoms with Crippen LogP contribution in [0.2, 0.25) is 0 Å². The number of carbonyl (C=O) groups excluding carboxylic acids is 1. The summed E-state index contributed by atoms with van der Waals surface area (Å²) >= 11 is 0. The molecule has 0 bridgehead atoms. The van der Waals surface area contributed by atoms with Gasteiger partial charge in [0, 0.05) is 18.0 Å². The number of aromatic nitrogens is 1. The van der Waals surface area contributed by atoms with Gasteiger partial charge in [0.2, 0.25) is 0 Å². The Bertz CT molecular complexity index is 811. The molecule has 1 atom stereocenters. The molecule has 0 N–H and O–H groups in total. The summed E-state index contributed by atoms with van der Waals surface area (Å²) < 4.78 is 44.5. The zero-order valence-corrected chi connectivity index (χ0v) is 14.5. The van der Waals surface area contributed by atoms with E-state index >= 15 is 0 Å². The Labute approximate surface area is 149 Å². The molecule has 138 valence electrons. The van der Waals surface area contributed by atoms with Crippen molar-refractivity contribution in [2.45, 2.75) is 32.9 Å². The van der Waals surface area contributed by atoms with E-state index in [1.165, 1.54) is 12.3 Å². The maximum Gasteiger partial charge on any atom is 0.410 e. The van der Waals surface area contributed by atoms with Crippen LogP contribution in [0.4, 0.5) is 18.0 Å². The first-order valence-corrected chi connectivity index (χ1v) is 8.32. The molecule has 7 heteroatoms. The van der Waals surface area contributed by atoms with Crippen molar-refractivity contribution in [3.05, 3.63) is 53.6 Å². The summed E-state index contributed by atoms with van der Waals surface area (Å²) in [6.07, 6.45) is -0.133. The number of hydrogen-bond acceptors (Lipinski definition) is 3. The average molecular weight is 364 g/mol. The smallest absolute Gasteiger partial charge is 0.410 e. The van der Waals surface area contributed by atoms with E-state index < -0.39 is 17.8 Å². The molecule has 1 aliphatic rings. The van der Waals surface area contributed by atoms with Crippen molar-refractivity contribution >= 4 is 6.09 Å². The van der Waals surface area contributed by atoms with Crippen LogP contribution in [0, 0.1) is 11.7 Å². The summed E-state index contributed by atoms with van der Waals surface area (Å²) in [7, 11) is 0. The van der Waals surface area contributed by atoms with E-state index in [-0.39, 0.29) is 18.1 Å². The fourth-order valence-electron chi connectivity index (χ4n) is 3.02. The highest BCUT2D eigenvalue weighted by atomic mass is 19.3. The Kier molecular flexibility index (Phi) is 5.15. The Morgan fingerprint density at radius 3 is 2.69 bits per heavy atom. The average Bonchev–Trinajstić information content (AvgIpc) is 2.96. The van der Waals surface area contributed by atoms with Crippen LogP contribution >= 0.6 is 0 Å². The largest absolute Gasteiger partial charge is 0.447 e. The van der Waals surface area contributed by atoms with Crippen LogP contribution in [-0.2, 0) is 11.3 Å². The molecule has 4 nitrogen and oxygen atoms in total. The zero-order chi connectivity index (χ0) is 18.8. The number of ether oxygens (including phenoxy) is 1. The second kappa shape index (κ2) is 7.35. The first-order chi connectivity index (χ1) is 12.4. The molecule has 1 aliphatic heterocycles. The number of rotatable bonds is 5. The molecule has 3 rings (SSSR count). The van der Waals surface area contributed by atoms with Crippen molar-refractivity contribution in [3.8, 4) is 11.1 Å². The number of nitrogens with zero attached hydrogens (tertiary/aromatic N) is 2. The highest BCUT2D eigenvalue weighted by molar-refractivity contribution is 5.70. The lowest BCUT2D eigenvalue weighted by Crippen LogP contribution is -2.36. The van der Waals surface area contributed by atoms with Gasteiger partial charge in [-0.15, -0.1) is 0 Å². The molecule has 0 aliphatic carbocycles. The first kappa shape index (κ1) is 18.2. The summed E-state index contributed by atoms with van der Waals surface area (Å²) in [5, 5.41) is 0. The van der Waals surface area contributed by atoms with Gasteiger partial charge in [-0.2, -0.15) is 0 Å². The van der Waals surface area contributed by atoms with E-state index in [1.54, 1.807) is 17.2 Å². The third-order valence-corrected chi connectivity index (χ3v) is 4.49. The molecule has 0 unspecified atom stereocenters. The third-order valence-electron chi connectivity index (χ3n) is 4.49. The molecule has 0 saturated carbocycles. The Balaban J connectivity index is 1.87. The van der Waals surface area contributed by atoms with Crippen LogP contribution in [0.25, 0.3) is 11.1 Å². The summed E-state index contributed by atoms with van der Waals surface area (Å²) in [4.78, 5) is 17.7. The predicted octanol–water partition coefficient (Wildman–Crippen LogP) is 4.80. The van der Waals surface area contributed by atoms with Crippen LogP contribution < -0.4 is 0 Å². The number of halogens is 3. The summed E-state index contributed by atoms with van der Waals surface area (Å²) in [6, 6.07) is 5.32. The van der Waals surface area contributed by atoms with Gasteiger partial charge in [-0.1, -0.05) is 19.9 Å². The van der Waals surface area contributed by atoms with Crippen LogP contribution in [-0.4, -0.2) is 28.6 Å². The minimum absolute atomic E-state index is 0.0255. The van der Waals surface area contributed by atoms with E-state index in [0.29, 0.717) is 24.3 Å². The molecule has 1 saturated heterocycles. The van der Waals surface area contributed by atoms with Crippen LogP contribution in [0.3, 0.4) is 0 Å². The minimum Gasteiger partial charge on any atom is -0.447 e. The quantitative estimate of drug-likeness (QED) is 0.765. The summed E-state index contributed by atoms with van der Waals surface area (Å²) in [5.41, 5.74) is 1.13. The lowest BCUT2D eigenvalue weighted by Gasteiger charge is -2.24. The summed E-state index contributed by atoms with van der Waals surface area (Å²) in [6.45, 7) is 4.68. The third kappa shape index (κ3) is 3.66. The Morgan fingerprint density at radius 2 is 2.00 bits per heavy atom. The zero-order valence-electron chi connectivity index (χ0n) is 14.5. The topological polar surface area (TPSA) is 42.4 Å². The number of hydrogen-bond donors (Lipinski definition) is 0. The monoisotopic (exact) mass is 364 g/mol. The predicted molar refractivity (Wildman–Crippen MR) is 90.1 cm³/mol. The number of alkyl halides is 2. The van der Waals surface area contributed by atoms with E-state index in [4.69, 9.17) is 4.74 Å². The van der Waals surface area contributed by atoms with E-state index in [2.05, 4.69) is 4.98 Å². The van der Waals surface area contributed by atoms with Crippen LogP contribution in [0.5, 0.6) is 0 Å². The molecule has 1 amide bonds. The fourth-order valence-corrected chi connectivity index (χ4v) is 3.02. The molecular weight excluding hydrogens is 345 g/mol. The normalized spacial score (nSPS) is 17.3. The van der Waals surface area contributed by atoms with E-state index in [0.717, 1.165) is 17.7 Å². The number of carbonyl (C=O) groups is 1. The molecular formula is C19H19F3N2O2. The molecule has 0 spiro atoms. The SMILES string of the molecule is CC(C)[C@@H]1COC(=O)N1Cc1cncc(-c2ccc(F)c(C(F)F)c2)c1. The van der Waals surface area contributed by atoms with E-state index in [1.807, 2.05) is 13.8 Å². The van der Waals surface area contributed by atoms with Gasteiger partial charge in [-0.05, 0) is 35.2 Å². The van der Waals surface area contributed by atoms with Gasteiger partial charge in [-0.25, -0.2) is 18.0 Å². The maximum absolute atomic E-state index is 13.5. The van der Waals surface area contributed by atoms with Crippen molar-refractivity contribution in [1.82, 2.24) is 9.88 Å². The van der Waals surface area contributed by atoms with Gasteiger partial charge in [0.15, 0.2) is 0 Å². The maximum atomic E-state index is 13.5. The molecule has 26 heavy (non-hydrogen) atoms. The minimum atomic E-state index is -2.89. The van der Waals surface area contributed by atoms with Crippen molar-refractivity contribution in [2.75, 3.05) is 6.61 Å². The van der Waals surface area contributed by atoms with Gasteiger partial charge >= 0.3 is 6.09 Å². The lowest BCUT2D eigenvalue weighted by atomic mass is 10.0. The lowest BCUT2D eigenvalue weighted by molar-refractivity contribution is 0.146. The van der Waals surface area contributed by atoms with E-state index in [9.17, 15) is 18.0 Å². The first-order valence-electron chi connectivity index (χ1n) is 8.32. The number of pyridine rings is 1. The molecule has 1 aromatic carbocycles. The van der Waals surface area contributed by atoms with Crippen molar-refractivity contribution < 1.29 is 22.7 Å². The van der Waals surface area contributed by atoms with Crippen molar-refractivity contribution in [3.63, 3.8) is 0 Å². The molecule has 2 aromatic rings. The summed E-state index contributed by atoms with van der Waals surface area (Å²) in [5.74, 6) is -0.698. The molecule has 1 fully saturated rings. The number of amides is 1. The highest BCUT2D eigenvalue weighted by Crippen LogP contribution is 2.29. The van der Waals surface area contributed by atoms with Gasteiger partial charge in [0.1, 0.15) is 12.4 Å². The standard InChI is InChI=1S/C19H19F3N2O2/c1-11(2)17-10-26-19(25)24(17)9-12-5-14(8-23-7-12)13-3-4-16(20)15(6-13)18(21)22/h3-8,11,17-18H,9-10H2,1-2H3/t17-/m0/s1. The Morgan fingerprint density at radius 1 is 1.23 bits per heavy atom. The van der Waals surface area contributed by atoms with Crippen molar-refractivity contribution in [1.29, 1.82) is 0 Å². The molecule has 2 heterocycles. The second-order valence-corrected chi connectivity index (χ2v) is 6.64. The Hall–Kier alpha value is -2.57. The number of benzene rings is 1.